The zero-order chi connectivity index (χ0) is 34.0. The quantitative estimate of drug-likeness (QED) is 0.132. The van der Waals surface area contributed by atoms with Gasteiger partial charge in [-0.3, -0.25) is 18.9 Å². The molecule has 3 aromatic rings. The Bertz CT molecular complexity index is 1510. The maximum Gasteiger partial charge on any atom is 0.239 e. The zero-order valence-electron chi connectivity index (χ0n) is 28.2. The second-order valence-electron chi connectivity index (χ2n) is 11.2. The van der Waals surface area contributed by atoms with Gasteiger partial charge in [0, 0.05) is 44.1 Å². The summed E-state index contributed by atoms with van der Waals surface area (Å²) in [6.07, 6.45) is 11.0. The van der Waals surface area contributed by atoms with E-state index in [9.17, 15) is 13.2 Å². The highest BCUT2D eigenvalue weighted by atomic mass is 36.0. The summed E-state index contributed by atoms with van der Waals surface area (Å²) in [5, 5.41) is 5.79. The molecule has 2 aliphatic rings. The Kier molecular flexibility index (Phi) is 32.2. The van der Waals surface area contributed by atoms with E-state index in [1.54, 1.807) is 0 Å². The largest absolute Gasteiger partial charge is 0.388 e. The van der Waals surface area contributed by atoms with Crippen molar-refractivity contribution in [2.45, 2.75) is 118 Å². The van der Waals surface area contributed by atoms with E-state index in [1.165, 1.54) is 42.5 Å². The van der Waals surface area contributed by atoms with Gasteiger partial charge < -0.3 is 10.6 Å². The van der Waals surface area contributed by atoms with Gasteiger partial charge >= 0.3 is 0 Å². The fraction of sp³-hybridized carbons (Fsp3) is 0.500. The maximum absolute atomic E-state index is 11.8. The molecule has 0 saturated heterocycles. The monoisotopic (exact) mass is 806 g/mol. The van der Waals surface area contributed by atoms with Crippen molar-refractivity contribution in [2.24, 2.45) is 0 Å². The van der Waals surface area contributed by atoms with E-state index >= 15 is 0 Å². The minimum absolute atomic E-state index is 0. The minimum atomic E-state index is -3.17. The highest BCUT2D eigenvalue weighted by Gasteiger charge is 2.35. The first-order valence-electron chi connectivity index (χ1n) is 16.1. The third-order valence-electron chi connectivity index (χ3n) is 7.85. The van der Waals surface area contributed by atoms with Crippen molar-refractivity contribution in [3.63, 3.8) is 0 Å². The predicted molar refractivity (Wildman–Crippen MR) is 229 cm³/mol. The highest BCUT2D eigenvalue weighted by Crippen LogP contribution is 2.40. The number of nitrogens with one attached hydrogen (secondary N) is 3. The lowest BCUT2D eigenvalue weighted by atomic mass is 9.95. The van der Waals surface area contributed by atoms with E-state index in [0.717, 1.165) is 49.0 Å². The number of hydrogen-bond donors (Lipinski definition) is 3. The molecule has 0 radical (unpaired) electrons. The van der Waals surface area contributed by atoms with Crippen LogP contribution in [0.5, 0.6) is 0 Å². The lowest BCUT2D eigenvalue weighted by Gasteiger charge is -2.08. The standard InChI is InChI=1S/C12H15NO.C12H19N.C11H15NO2S.3CH4.Cl2OS.2FH.3H2/c1-2-3-6-10-9-7-4-5-8-11(9)13-12(10)14;1-3-4-5-8-11-9-6-7-10-12(11)13-2;1-2-3-8-11-9-6-4-5-7-10(9)12-15(11,13)14;;;;1-4(2)3;;;;;/h4-5,7-8,10H,2-3,6H2,1H3,(H,13,14);6-7,9-10,13H,3-5,8H2,1-2H3;4-7,11-12H,2-3,8H2,1H3;3*1H4;;5*1H/i;;;;;;;;;3*1+1. The average molecular weight is 808 g/mol. The molecule has 0 aliphatic carbocycles. The van der Waals surface area contributed by atoms with E-state index in [2.05, 4.69) is 81.8 Å². The summed E-state index contributed by atoms with van der Waals surface area (Å²) in [7, 11) is 6.17. The number of rotatable bonds is 11. The van der Waals surface area contributed by atoms with Crippen LogP contribution in [0.2, 0.25) is 0 Å². The van der Waals surface area contributed by atoms with Crippen molar-refractivity contribution in [2.75, 3.05) is 22.4 Å². The number of amides is 1. The van der Waals surface area contributed by atoms with E-state index < -0.39 is 19.2 Å². The number of unbranched alkanes of at least 4 members (excludes halogenated alkanes) is 4. The molecule has 300 valence electrons. The summed E-state index contributed by atoms with van der Waals surface area (Å²) in [5.41, 5.74) is 6.56. The lowest BCUT2D eigenvalue weighted by molar-refractivity contribution is -0.117. The Hall–Kier alpha value is -2.73. The van der Waals surface area contributed by atoms with Crippen LogP contribution in [0.15, 0.2) is 72.8 Å². The summed E-state index contributed by atoms with van der Waals surface area (Å²) in [6, 6.07) is 24.0. The van der Waals surface area contributed by atoms with Crippen LogP contribution in [0.3, 0.4) is 0 Å². The van der Waals surface area contributed by atoms with Crippen molar-refractivity contribution >= 4 is 63.6 Å². The summed E-state index contributed by atoms with van der Waals surface area (Å²) < 4.78 is 35.3. The SMILES string of the molecule is C.C.C.CCCCC1C(=O)Nc2ccccc21.CCCCC1c2ccccc2NS1(=O)=O.CCCCCc1ccccc1NC.F.F.O=S(Cl)Cl.[2HH].[2HH].[2HH]. The highest BCUT2D eigenvalue weighted by molar-refractivity contribution is 8.26. The molecule has 0 spiro atoms. The topological polar surface area (TPSA) is 104 Å². The fourth-order valence-electron chi connectivity index (χ4n) is 5.48. The van der Waals surface area contributed by atoms with Gasteiger partial charge in [0.15, 0.2) is 0 Å². The zero-order valence-corrected chi connectivity index (χ0v) is 31.3. The number of aryl methyl sites for hydroxylation is 1. The second-order valence-corrected chi connectivity index (χ2v) is 15.6. The fourth-order valence-corrected chi connectivity index (χ4v) is 7.13. The number of halogens is 4. The normalized spacial score (nSPS) is 15.0. The molecule has 13 heteroatoms. The van der Waals surface area contributed by atoms with Gasteiger partial charge in [-0.2, -0.15) is 0 Å². The molecular formula is C38H69Cl2F2N3O4S2. The first kappa shape index (κ1) is 55.0. The summed E-state index contributed by atoms with van der Waals surface area (Å²) >= 11 is 0. The molecule has 0 bridgehead atoms. The first-order valence-corrected chi connectivity index (χ1v) is 20.4. The number of anilines is 3. The van der Waals surface area contributed by atoms with Crippen molar-refractivity contribution in [1.29, 1.82) is 0 Å². The Morgan fingerprint density at radius 1 is 0.745 bits per heavy atom. The van der Waals surface area contributed by atoms with Crippen molar-refractivity contribution in [3.05, 3.63) is 89.5 Å². The summed E-state index contributed by atoms with van der Waals surface area (Å²) in [4.78, 5) is 11.6. The van der Waals surface area contributed by atoms with Crippen LogP contribution in [0.25, 0.3) is 0 Å². The summed E-state index contributed by atoms with van der Waals surface area (Å²) in [6.45, 7) is 6.46. The molecule has 0 fully saturated rings. The first-order chi connectivity index (χ1) is 22.1. The van der Waals surface area contributed by atoms with Crippen LogP contribution in [-0.2, 0) is 30.5 Å². The molecule has 0 aromatic heterocycles. The van der Waals surface area contributed by atoms with Crippen LogP contribution in [-0.4, -0.2) is 25.6 Å². The Labute approximate surface area is 323 Å². The molecule has 1 amide bonds. The van der Waals surface area contributed by atoms with E-state index in [1.807, 2.05) is 55.6 Å². The van der Waals surface area contributed by atoms with Crippen LogP contribution in [0, 0.1) is 0 Å². The van der Waals surface area contributed by atoms with Crippen molar-refractivity contribution in [1.82, 2.24) is 0 Å². The van der Waals surface area contributed by atoms with Crippen molar-refractivity contribution in [3.8, 4) is 0 Å². The number of sulfonamides is 1. The number of carbonyl (C=O) groups excluding carboxylic acids is 1. The molecule has 3 aromatic carbocycles. The van der Waals surface area contributed by atoms with E-state index in [0.29, 0.717) is 6.42 Å². The van der Waals surface area contributed by atoms with Gasteiger partial charge in [-0.15, -0.1) is 0 Å². The molecule has 0 saturated carbocycles. The second kappa shape index (κ2) is 29.8. The van der Waals surface area contributed by atoms with E-state index in [4.69, 9.17) is 4.21 Å². The lowest BCUT2D eigenvalue weighted by Crippen LogP contribution is -2.12. The molecule has 2 heterocycles. The molecule has 2 aliphatic heterocycles. The molecule has 2 unspecified atom stereocenters. The molecule has 3 N–H and O–H groups in total. The predicted octanol–water partition coefficient (Wildman–Crippen LogP) is 13.0. The van der Waals surface area contributed by atoms with Gasteiger partial charge in [0.2, 0.25) is 25.2 Å². The third-order valence-corrected chi connectivity index (χ3v) is 9.59. The smallest absolute Gasteiger partial charge is 0.239 e. The van der Waals surface area contributed by atoms with Crippen LogP contribution >= 0.6 is 21.4 Å². The number of hydrogen-bond acceptors (Lipinski definition) is 5. The molecule has 7 nitrogen and oxygen atoms in total. The molecule has 5 rings (SSSR count). The van der Waals surface area contributed by atoms with Gasteiger partial charge in [-0.05, 0) is 60.6 Å². The van der Waals surface area contributed by atoms with Crippen LogP contribution in [0.4, 0.5) is 26.5 Å². The van der Waals surface area contributed by atoms with Crippen LogP contribution < -0.4 is 15.4 Å². The number of para-hydroxylation sites is 3. The van der Waals surface area contributed by atoms with Gasteiger partial charge in [-0.25, -0.2) is 12.6 Å². The van der Waals surface area contributed by atoms with E-state index in [-0.39, 0.29) is 53.0 Å². The minimum Gasteiger partial charge on any atom is -0.388 e. The van der Waals surface area contributed by atoms with Gasteiger partial charge in [0.25, 0.3) is 0 Å². The molecule has 2 atom stereocenters. The number of carbonyl (C=O) groups is 1. The molecule has 51 heavy (non-hydrogen) atoms. The Morgan fingerprint density at radius 3 is 1.80 bits per heavy atom. The Balaban J connectivity index is -0.000000109. The third kappa shape index (κ3) is 18.5. The van der Waals surface area contributed by atoms with Gasteiger partial charge in [0.05, 0.1) is 11.6 Å². The van der Waals surface area contributed by atoms with Gasteiger partial charge in [-0.1, -0.05) is 136 Å². The average Bonchev–Trinajstić information content (AvgIpc) is 3.50. The molecular weight excluding hydrogens is 735 g/mol. The maximum atomic E-state index is 11.8. The van der Waals surface area contributed by atoms with Gasteiger partial charge in [0.1, 0.15) is 5.25 Å². The van der Waals surface area contributed by atoms with Crippen LogP contribution in [0.1, 0.15) is 133 Å². The summed E-state index contributed by atoms with van der Waals surface area (Å²) in [5.74, 6) is 0.255. The number of fused-ring (bicyclic) bond motifs is 2. The number of benzene rings is 3. The van der Waals surface area contributed by atoms with Crippen molar-refractivity contribution < 1.29 is 31.1 Å². The Morgan fingerprint density at radius 2 is 1.24 bits per heavy atom.